The number of hydrogen-bond donors (Lipinski definition) is 0. The van der Waals surface area contributed by atoms with Crippen molar-refractivity contribution in [2.75, 3.05) is 0 Å². The molecular formula is C9H14O2. The second-order valence-corrected chi connectivity index (χ2v) is 3.29. The zero-order valence-electron chi connectivity index (χ0n) is 7.31. The first-order chi connectivity index (χ1) is 4.95. The summed E-state index contributed by atoms with van der Waals surface area (Å²) < 4.78 is 5.01. The zero-order valence-corrected chi connectivity index (χ0v) is 7.31. The quantitative estimate of drug-likeness (QED) is 0.447. The number of rotatable bonds is 2. The molecule has 2 nitrogen and oxygen atoms in total. The summed E-state index contributed by atoms with van der Waals surface area (Å²) in [7, 11) is 0. The van der Waals surface area contributed by atoms with Crippen molar-refractivity contribution in [2.45, 2.75) is 39.2 Å². The minimum atomic E-state index is -0.397. The molecule has 0 heterocycles. The highest BCUT2D eigenvalue weighted by atomic mass is 16.6. The van der Waals surface area contributed by atoms with Crippen LogP contribution in [0.1, 0.15) is 33.6 Å². The maximum absolute atomic E-state index is 10.9. The van der Waals surface area contributed by atoms with Crippen molar-refractivity contribution < 1.29 is 9.53 Å². The van der Waals surface area contributed by atoms with Crippen LogP contribution in [0.25, 0.3) is 0 Å². The van der Waals surface area contributed by atoms with Gasteiger partial charge in [0.2, 0.25) is 0 Å². The summed E-state index contributed by atoms with van der Waals surface area (Å²) in [5.74, 6) is 2.16. The Hall–Kier alpha value is -0.970. The Labute approximate surface area is 67.9 Å². The third-order valence-corrected chi connectivity index (χ3v) is 0.893. The minimum Gasteiger partial charge on any atom is -0.460 e. The lowest BCUT2D eigenvalue weighted by Gasteiger charge is -2.18. The molecule has 0 aromatic heterocycles. The highest BCUT2D eigenvalue weighted by Crippen LogP contribution is 2.08. The lowest BCUT2D eigenvalue weighted by atomic mass is 10.2. The maximum atomic E-state index is 10.9. The highest BCUT2D eigenvalue weighted by Gasteiger charge is 2.14. The molecule has 0 bridgehead atoms. The van der Waals surface area contributed by atoms with E-state index in [1.54, 1.807) is 0 Å². The van der Waals surface area contributed by atoms with Crippen LogP contribution in [0.3, 0.4) is 0 Å². The molecule has 2 heteroatoms. The van der Waals surface area contributed by atoms with E-state index in [1.807, 2.05) is 20.8 Å². The number of carbonyl (C=O) groups is 1. The smallest absolute Gasteiger partial charge is 0.307 e. The van der Waals surface area contributed by atoms with Crippen LogP contribution in [0.15, 0.2) is 0 Å². The van der Waals surface area contributed by atoms with Crippen molar-refractivity contribution in [1.29, 1.82) is 0 Å². The van der Waals surface area contributed by atoms with Crippen LogP contribution in [0.5, 0.6) is 0 Å². The number of terminal acetylenes is 1. The monoisotopic (exact) mass is 154 g/mol. The molecule has 0 aliphatic heterocycles. The third kappa shape index (κ3) is 6.92. The summed E-state index contributed by atoms with van der Waals surface area (Å²) in [4.78, 5) is 10.9. The molecule has 0 atom stereocenters. The first-order valence-corrected chi connectivity index (χ1v) is 3.61. The van der Waals surface area contributed by atoms with Crippen LogP contribution in [0.4, 0.5) is 0 Å². The van der Waals surface area contributed by atoms with E-state index < -0.39 is 5.60 Å². The molecule has 0 spiro atoms. The van der Waals surface area contributed by atoms with Gasteiger partial charge in [0.15, 0.2) is 0 Å². The Balaban J connectivity index is 3.64. The van der Waals surface area contributed by atoms with Gasteiger partial charge in [-0.15, -0.1) is 12.3 Å². The maximum Gasteiger partial charge on any atom is 0.307 e. The molecule has 0 radical (unpaired) electrons. The van der Waals surface area contributed by atoms with Crippen LogP contribution >= 0.6 is 0 Å². The average Bonchev–Trinajstić information content (AvgIpc) is 1.79. The van der Waals surface area contributed by atoms with Crippen molar-refractivity contribution in [3.63, 3.8) is 0 Å². The first-order valence-electron chi connectivity index (χ1n) is 3.61. The Bertz CT molecular complexity index is 169. The molecule has 0 N–H and O–H groups in total. The number of ether oxygens (including phenoxy) is 1. The van der Waals surface area contributed by atoms with Crippen LogP contribution in [-0.2, 0) is 9.53 Å². The summed E-state index contributed by atoms with van der Waals surface area (Å²) in [5, 5.41) is 0. The molecule has 11 heavy (non-hydrogen) atoms. The Morgan fingerprint density at radius 1 is 1.55 bits per heavy atom. The SMILES string of the molecule is C#CCCC(=O)OC(C)(C)C. The third-order valence-electron chi connectivity index (χ3n) is 0.893. The van der Waals surface area contributed by atoms with E-state index in [0.29, 0.717) is 12.8 Å². The molecule has 0 amide bonds. The van der Waals surface area contributed by atoms with Crippen LogP contribution in [-0.4, -0.2) is 11.6 Å². The van der Waals surface area contributed by atoms with E-state index in [2.05, 4.69) is 5.92 Å². The Kier molecular flexibility index (Phi) is 3.67. The molecule has 0 aromatic rings. The Morgan fingerprint density at radius 3 is 2.45 bits per heavy atom. The number of hydrogen-bond acceptors (Lipinski definition) is 2. The van der Waals surface area contributed by atoms with E-state index >= 15 is 0 Å². The van der Waals surface area contributed by atoms with Crippen molar-refractivity contribution in [1.82, 2.24) is 0 Å². The Morgan fingerprint density at radius 2 is 2.09 bits per heavy atom. The van der Waals surface area contributed by atoms with E-state index in [-0.39, 0.29) is 5.97 Å². The predicted molar refractivity (Wildman–Crippen MR) is 43.9 cm³/mol. The van der Waals surface area contributed by atoms with Gasteiger partial charge in [0.05, 0.1) is 6.42 Å². The van der Waals surface area contributed by atoms with Gasteiger partial charge in [0, 0.05) is 6.42 Å². The normalized spacial score (nSPS) is 10.4. The number of esters is 1. The topological polar surface area (TPSA) is 26.3 Å². The van der Waals surface area contributed by atoms with Gasteiger partial charge < -0.3 is 4.74 Å². The summed E-state index contributed by atoms with van der Waals surface area (Å²) >= 11 is 0. The molecule has 0 aromatic carbocycles. The standard InChI is InChI=1S/C9H14O2/c1-5-6-7-8(10)11-9(2,3)4/h1H,6-7H2,2-4H3. The van der Waals surface area contributed by atoms with Gasteiger partial charge in [-0.3, -0.25) is 4.79 Å². The molecule has 0 saturated carbocycles. The molecule has 62 valence electrons. The lowest BCUT2D eigenvalue weighted by molar-refractivity contribution is -0.154. The fourth-order valence-electron chi connectivity index (χ4n) is 0.567. The first kappa shape index (κ1) is 10.0. The van der Waals surface area contributed by atoms with Crippen molar-refractivity contribution in [3.05, 3.63) is 0 Å². The van der Waals surface area contributed by atoms with Gasteiger partial charge in [-0.05, 0) is 20.8 Å². The lowest BCUT2D eigenvalue weighted by Crippen LogP contribution is -2.23. The number of carbonyl (C=O) groups excluding carboxylic acids is 1. The molecule has 0 rings (SSSR count). The van der Waals surface area contributed by atoms with Crippen molar-refractivity contribution >= 4 is 5.97 Å². The fraction of sp³-hybridized carbons (Fsp3) is 0.667. The highest BCUT2D eigenvalue weighted by molar-refractivity contribution is 5.70. The van der Waals surface area contributed by atoms with E-state index in [0.717, 1.165) is 0 Å². The molecule has 0 saturated heterocycles. The van der Waals surface area contributed by atoms with E-state index in [9.17, 15) is 4.79 Å². The van der Waals surface area contributed by atoms with Gasteiger partial charge in [-0.2, -0.15) is 0 Å². The van der Waals surface area contributed by atoms with Gasteiger partial charge >= 0.3 is 5.97 Å². The summed E-state index contributed by atoms with van der Waals surface area (Å²) in [6.45, 7) is 5.50. The zero-order chi connectivity index (χ0) is 8.91. The largest absolute Gasteiger partial charge is 0.460 e. The average molecular weight is 154 g/mol. The van der Waals surface area contributed by atoms with Crippen LogP contribution < -0.4 is 0 Å². The summed E-state index contributed by atoms with van der Waals surface area (Å²) in [5.41, 5.74) is -0.397. The van der Waals surface area contributed by atoms with Crippen LogP contribution in [0.2, 0.25) is 0 Å². The van der Waals surface area contributed by atoms with E-state index in [1.165, 1.54) is 0 Å². The van der Waals surface area contributed by atoms with Gasteiger partial charge in [-0.25, -0.2) is 0 Å². The minimum absolute atomic E-state index is 0.226. The van der Waals surface area contributed by atoms with Crippen LogP contribution in [0, 0.1) is 12.3 Å². The predicted octanol–water partition coefficient (Wildman–Crippen LogP) is 1.74. The van der Waals surface area contributed by atoms with Crippen molar-refractivity contribution in [2.24, 2.45) is 0 Å². The molecule has 0 aliphatic carbocycles. The van der Waals surface area contributed by atoms with Gasteiger partial charge in [0.1, 0.15) is 5.60 Å². The summed E-state index contributed by atoms with van der Waals surface area (Å²) in [6.07, 6.45) is 5.75. The van der Waals surface area contributed by atoms with Crippen molar-refractivity contribution in [3.8, 4) is 12.3 Å². The fourth-order valence-corrected chi connectivity index (χ4v) is 0.567. The van der Waals surface area contributed by atoms with Gasteiger partial charge in [0.25, 0.3) is 0 Å². The molecular weight excluding hydrogens is 140 g/mol. The summed E-state index contributed by atoms with van der Waals surface area (Å²) in [6, 6.07) is 0. The second kappa shape index (κ2) is 4.02. The second-order valence-electron chi connectivity index (χ2n) is 3.29. The molecule has 0 aliphatic rings. The molecule has 0 unspecified atom stereocenters. The van der Waals surface area contributed by atoms with E-state index in [4.69, 9.17) is 11.2 Å². The molecule has 0 fully saturated rings. The van der Waals surface area contributed by atoms with Gasteiger partial charge in [-0.1, -0.05) is 0 Å².